The third-order valence-corrected chi connectivity index (χ3v) is 5.25. The van der Waals surface area contributed by atoms with Gasteiger partial charge in [-0.3, -0.25) is 4.79 Å². The van der Waals surface area contributed by atoms with E-state index >= 15 is 0 Å². The Morgan fingerprint density at radius 1 is 1.07 bits per heavy atom. The van der Waals surface area contributed by atoms with Crippen LogP contribution in [0.15, 0.2) is 54.6 Å². The average molecular weight is 396 g/mol. The molecule has 0 N–H and O–H groups in total. The number of hydrogen-bond acceptors (Lipinski definition) is 4. The van der Waals surface area contributed by atoms with Gasteiger partial charge in [-0.1, -0.05) is 29.8 Å². The molecule has 5 nitrogen and oxygen atoms in total. The molecule has 0 aliphatic carbocycles. The van der Waals surface area contributed by atoms with E-state index in [0.717, 1.165) is 35.4 Å². The number of amides is 1. The van der Waals surface area contributed by atoms with E-state index in [-0.39, 0.29) is 12.5 Å². The van der Waals surface area contributed by atoms with Gasteiger partial charge in [-0.15, -0.1) is 0 Å². The Morgan fingerprint density at radius 2 is 1.79 bits per heavy atom. The fraction of sp³-hybridized carbons (Fsp3) is 0.273. The maximum atomic E-state index is 12.5. The van der Waals surface area contributed by atoms with E-state index in [2.05, 4.69) is 24.0 Å². The van der Waals surface area contributed by atoms with E-state index in [4.69, 9.17) is 21.3 Å². The Bertz CT molecular complexity index is 983. The smallest absolute Gasteiger partial charge is 0.260 e. The Balaban J connectivity index is 1.36. The van der Waals surface area contributed by atoms with E-state index in [1.807, 2.05) is 23.1 Å². The van der Waals surface area contributed by atoms with Crippen molar-refractivity contribution >= 4 is 34.2 Å². The van der Waals surface area contributed by atoms with Crippen LogP contribution in [0.5, 0.6) is 5.75 Å². The highest BCUT2D eigenvalue weighted by Crippen LogP contribution is 2.24. The van der Waals surface area contributed by atoms with Gasteiger partial charge in [-0.25, -0.2) is 4.98 Å². The van der Waals surface area contributed by atoms with Crippen molar-refractivity contribution in [3.05, 3.63) is 65.2 Å². The summed E-state index contributed by atoms with van der Waals surface area (Å²) in [7, 11) is 0. The third kappa shape index (κ3) is 4.04. The van der Waals surface area contributed by atoms with Crippen molar-refractivity contribution in [1.82, 2.24) is 9.88 Å². The molecule has 1 saturated heterocycles. The lowest BCUT2D eigenvalue weighted by Gasteiger charge is -2.36. The van der Waals surface area contributed by atoms with Crippen LogP contribution in [0.3, 0.4) is 0 Å². The number of fused-ring (bicyclic) bond motifs is 1. The number of carbonyl (C=O) groups is 1. The lowest BCUT2D eigenvalue weighted by Crippen LogP contribution is -2.50. The molecule has 2 heterocycles. The Hall–Kier alpha value is -2.79. The van der Waals surface area contributed by atoms with E-state index < -0.39 is 0 Å². The van der Waals surface area contributed by atoms with Crippen LogP contribution in [0.4, 0.5) is 5.82 Å². The van der Waals surface area contributed by atoms with Gasteiger partial charge in [0.15, 0.2) is 6.61 Å². The first-order valence-corrected chi connectivity index (χ1v) is 9.75. The number of halogens is 1. The van der Waals surface area contributed by atoms with Crippen LogP contribution in [0.2, 0.25) is 5.02 Å². The maximum Gasteiger partial charge on any atom is 0.260 e. The van der Waals surface area contributed by atoms with Crippen LogP contribution in [0, 0.1) is 6.92 Å². The summed E-state index contributed by atoms with van der Waals surface area (Å²) >= 11 is 5.86. The van der Waals surface area contributed by atoms with Crippen molar-refractivity contribution in [3.8, 4) is 5.75 Å². The SMILES string of the molecule is Cc1cc2ccccc2nc1N1CCN(C(=O)COc2ccc(Cl)cc2)CC1. The van der Waals surface area contributed by atoms with Crippen molar-refractivity contribution in [2.75, 3.05) is 37.7 Å². The molecule has 0 saturated carbocycles. The van der Waals surface area contributed by atoms with Crippen LogP contribution in [0.1, 0.15) is 5.56 Å². The molecular weight excluding hydrogens is 374 g/mol. The summed E-state index contributed by atoms with van der Waals surface area (Å²) in [6.45, 7) is 4.98. The number of ether oxygens (including phenoxy) is 1. The summed E-state index contributed by atoms with van der Waals surface area (Å²) in [5, 5.41) is 1.80. The predicted octanol–water partition coefficient (Wildman–Crippen LogP) is 3.92. The number of anilines is 1. The molecular formula is C22H22ClN3O2. The normalized spacial score (nSPS) is 14.4. The Kier molecular flexibility index (Phi) is 5.35. The van der Waals surface area contributed by atoms with E-state index in [1.165, 1.54) is 0 Å². The van der Waals surface area contributed by atoms with Gasteiger partial charge in [0, 0.05) is 36.6 Å². The zero-order valence-electron chi connectivity index (χ0n) is 15.8. The molecule has 28 heavy (non-hydrogen) atoms. The number of aryl methyl sites for hydroxylation is 1. The second-order valence-corrected chi connectivity index (χ2v) is 7.37. The highest BCUT2D eigenvalue weighted by Gasteiger charge is 2.23. The van der Waals surface area contributed by atoms with Crippen LogP contribution >= 0.6 is 11.6 Å². The number of carbonyl (C=O) groups excluding carboxylic acids is 1. The molecule has 144 valence electrons. The van der Waals surface area contributed by atoms with E-state index in [1.54, 1.807) is 24.3 Å². The highest BCUT2D eigenvalue weighted by atomic mass is 35.5. The molecule has 1 fully saturated rings. The van der Waals surface area contributed by atoms with E-state index in [9.17, 15) is 4.79 Å². The monoisotopic (exact) mass is 395 g/mol. The first-order chi connectivity index (χ1) is 13.6. The average Bonchev–Trinajstić information content (AvgIpc) is 2.73. The molecule has 0 unspecified atom stereocenters. The molecule has 0 spiro atoms. The highest BCUT2D eigenvalue weighted by molar-refractivity contribution is 6.30. The maximum absolute atomic E-state index is 12.5. The van der Waals surface area contributed by atoms with Crippen molar-refractivity contribution in [2.45, 2.75) is 6.92 Å². The number of pyridine rings is 1. The first-order valence-electron chi connectivity index (χ1n) is 9.37. The van der Waals surface area contributed by atoms with Gasteiger partial charge in [0.05, 0.1) is 5.52 Å². The Morgan fingerprint density at radius 3 is 2.54 bits per heavy atom. The number of benzene rings is 2. The van der Waals surface area contributed by atoms with Gasteiger partial charge in [0.1, 0.15) is 11.6 Å². The quantitative estimate of drug-likeness (QED) is 0.671. The first kappa shape index (κ1) is 18.6. The largest absolute Gasteiger partial charge is 0.484 e. The molecule has 1 aliphatic rings. The lowest BCUT2D eigenvalue weighted by atomic mass is 10.1. The second-order valence-electron chi connectivity index (χ2n) is 6.93. The minimum Gasteiger partial charge on any atom is -0.484 e. The molecule has 1 aliphatic heterocycles. The van der Waals surface area contributed by atoms with Crippen LogP contribution in [0.25, 0.3) is 10.9 Å². The predicted molar refractivity (Wildman–Crippen MR) is 112 cm³/mol. The molecule has 4 rings (SSSR count). The molecule has 0 radical (unpaired) electrons. The van der Waals surface area contributed by atoms with Crippen molar-refractivity contribution < 1.29 is 9.53 Å². The molecule has 0 atom stereocenters. The Labute approximate surface area is 169 Å². The van der Waals surface area contributed by atoms with Gasteiger partial charge >= 0.3 is 0 Å². The van der Waals surface area contributed by atoms with Gasteiger partial charge in [0.25, 0.3) is 5.91 Å². The number of aromatic nitrogens is 1. The van der Waals surface area contributed by atoms with Crippen molar-refractivity contribution in [1.29, 1.82) is 0 Å². The summed E-state index contributed by atoms with van der Waals surface area (Å²) in [4.78, 5) is 21.4. The summed E-state index contributed by atoms with van der Waals surface area (Å²) in [5.41, 5.74) is 2.16. The molecule has 0 bridgehead atoms. The van der Waals surface area contributed by atoms with E-state index in [0.29, 0.717) is 23.9 Å². The topological polar surface area (TPSA) is 45.7 Å². The van der Waals surface area contributed by atoms with Crippen molar-refractivity contribution in [3.63, 3.8) is 0 Å². The molecule has 6 heteroatoms. The number of nitrogens with zero attached hydrogens (tertiary/aromatic N) is 3. The summed E-state index contributed by atoms with van der Waals surface area (Å²) < 4.78 is 5.58. The van der Waals surface area contributed by atoms with Gasteiger partial charge in [0.2, 0.25) is 0 Å². The number of hydrogen-bond donors (Lipinski definition) is 0. The number of para-hydroxylation sites is 1. The van der Waals surface area contributed by atoms with Gasteiger partial charge in [-0.05, 0) is 48.9 Å². The lowest BCUT2D eigenvalue weighted by molar-refractivity contribution is -0.133. The van der Waals surface area contributed by atoms with Gasteiger partial charge < -0.3 is 14.5 Å². The standard InChI is InChI=1S/C22H22ClN3O2/c1-16-14-17-4-2-3-5-20(17)24-22(16)26-12-10-25(11-13-26)21(27)15-28-19-8-6-18(23)7-9-19/h2-9,14H,10-13,15H2,1H3. The van der Waals surface area contributed by atoms with Crippen LogP contribution in [-0.4, -0.2) is 48.6 Å². The summed E-state index contributed by atoms with van der Waals surface area (Å²) in [6, 6.07) is 17.4. The zero-order valence-corrected chi connectivity index (χ0v) is 16.5. The fourth-order valence-electron chi connectivity index (χ4n) is 3.47. The molecule has 2 aromatic carbocycles. The second kappa shape index (κ2) is 8.07. The molecule has 3 aromatic rings. The third-order valence-electron chi connectivity index (χ3n) is 5.00. The number of rotatable bonds is 4. The van der Waals surface area contributed by atoms with Crippen molar-refractivity contribution in [2.24, 2.45) is 0 Å². The fourth-order valence-corrected chi connectivity index (χ4v) is 3.59. The number of piperazine rings is 1. The summed E-state index contributed by atoms with van der Waals surface area (Å²) in [6.07, 6.45) is 0. The molecule has 1 amide bonds. The van der Waals surface area contributed by atoms with Gasteiger partial charge in [-0.2, -0.15) is 0 Å². The minimum atomic E-state index is -0.00204. The summed E-state index contributed by atoms with van der Waals surface area (Å²) in [5.74, 6) is 1.65. The van der Waals surface area contributed by atoms with Crippen LogP contribution < -0.4 is 9.64 Å². The molecule has 1 aromatic heterocycles. The van der Waals surface area contributed by atoms with Crippen LogP contribution in [-0.2, 0) is 4.79 Å². The minimum absolute atomic E-state index is 0.00204. The zero-order chi connectivity index (χ0) is 19.5.